The minimum Gasteiger partial charge on any atom is -0.377 e. The van der Waals surface area contributed by atoms with E-state index in [4.69, 9.17) is 4.74 Å². The Balaban J connectivity index is 1.81. The van der Waals surface area contributed by atoms with E-state index in [0.717, 1.165) is 55.6 Å². The van der Waals surface area contributed by atoms with Gasteiger partial charge in [0.2, 0.25) is 5.91 Å². The molecule has 1 aliphatic heterocycles. The Morgan fingerprint density at radius 1 is 1.13 bits per heavy atom. The molecule has 7 heteroatoms. The molecular formula is C24H38N4O3. The normalized spacial score (nSPS) is 18.9. The van der Waals surface area contributed by atoms with Crippen molar-refractivity contribution in [1.82, 2.24) is 10.2 Å². The molecule has 1 heterocycles. The quantitative estimate of drug-likeness (QED) is 0.686. The van der Waals surface area contributed by atoms with Gasteiger partial charge in [0.15, 0.2) is 0 Å². The van der Waals surface area contributed by atoms with Gasteiger partial charge in [-0.25, -0.2) is 4.79 Å². The van der Waals surface area contributed by atoms with Crippen LogP contribution in [0.25, 0.3) is 0 Å². The molecule has 1 aromatic rings. The minimum atomic E-state index is -0.325. The molecule has 7 nitrogen and oxygen atoms in total. The lowest BCUT2D eigenvalue weighted by Gasteiger charge is -2.31. The highest BCUT2D eigenvalue weighted by atomic mass is 16.5. The van der Waals surface area contributed by atoms with Gasteiger partial charge in [0, 0.05) is 56.6 Å². The van der Waals surface area contributed by atoms with E-state index in [9.17, 15) is 9.59 Å². The van der Waals surface area contributed by atoms with Gasteiger partial charge in [0.25, 0.3) is 0 Å². The Morgan fingerprint density at radius 2 is 1.87 bits per heavy atom. The van der Waals surface area contributed by atoms with E-state index >= 15 is 0 Å². The largest absolute Gasteiger partial charge is 0.377 e. The van der Waals surface area contributed by atoms with E-state index in [1.807, 2.05) is 62.9 Å². The zero-order valence-corrected chi connectivity index (χ0v) is 19.7. The van der Waals surface area contributed by atoms with Crippen molar-refractivity contribution in [2.75, 3.05) is 37.5 Å². The third-order valence-corrected chi connectivity index (χ3v) is 5.88. The number of hydrogen-bond donors (Lipinski definition) is 2. The average molecular weight is 431 g/mol. The molecule has 1 saturated carbocycles. The highest BCUT2D eigenvalue weighted by Crippen LogP contribution is 2.29. The van der Waals surface area contributed by atoms with Gasteiger partial charge < -0.3 is 25.2 Å². The summed E-state index contributed by atoms with van der Waals surface area (Å²) in [6.45, 7) is 7.70. The van der Waals surface area contributed by atoms with Crippen molar-refractivity contribution in [2.45, 2.75) is 71.1 Å². The number of amides is 3. The van der Waals surface area contributed by atoms with Crippen molar-refractivity contribution in [3.8, 4) is 0 Å². The molecule has 1 saturated heterocycles. The fraction of sp³-hybridized carbons (Fsp3) is 0.667. The molecule has 1 atom stereocenters. The number of benzene rings is 1. The van der Waals surface area contributed by atoms with Crippen molar-refractivity contribution >= 4 is 23.3 Å². The number of hydrogen-bond acceptors (Lipinski definition) is 4. The summed E-state index contributed by atoms with van der Waals surface area (Å²) in [5, 5.41) is 6.15. The van der Waals surface area contributed by atoms with Crippen LogP contribution in [0.2, 0.25) is 0 Å². The summed E-state index contributed by atoms with van der Waals surface area (Å²) in [6.07, 6.45) is 5.13. The smallest absolute Gasteiger partial charge is 0.318 e. The first-order chi connectivity index (χ1) is 14.6. The number of carbonyl (C=O) groups is 2. The van der Waals surface area contributed by atoms with Gasteiger partial charge in [-0.15, -0.1) is 0 Å². The monoisotopic (exact) mass is 430 g/mol. The molecule has 0 unspecified atom stereocenters. The van der Waals surface area contributed by atoms with Gasteiger partial charge in [-0.3, -0.25) is 4.79 Å². The van der Waals surface area contributed by atoms with E-state index in [-0.39, 0.29) is 29.5 Å². The standard InChI is InChI=1S/C24H38N4O3/c1-24(2,3)26-23(30)28(16-20-10-7-13-31-20)15-18-14-19(11-12-21(18)27(4)5)25-22(29)17-8-6-9-17/h11-12,14,17,20H,6-10,13,15-16H2,1-5H3,(H,25,29)(H,26,30)/t20-/m1/s1. The number of nitrogens with zero attached hydrogens (tertiary/aromatic N) is 2. The second-order valence-corrected chi connectivity index (χ2v) is 10.1. The van der Waals surface area contributed by atoms with Crippen LogP contribution in [0.1, 0.15) is 58.4 Å². The highest BCUT2D eigenvalue weighted by Gasteiger charge is 2.27. The number of ether oxygens (including phenoxy) is 1. The maximum atomic E-state index is 13.1. The van der Waals surface area contributed by atoms with Crippen LogP contribution in [0, 0.1) is 5.92 Å². The van der Waals surface area contributed by atoms with E-state index in [0.29, 0.717) is 13.1 Å². The first-order valence-electron chi connectivity index (χ1n) is 11.4. The van der Waals surface area contributed by atoms with Crippen LogP contribution in [-0.4, -0.2) is 55.7 Å². The maximum absolute atomic E-state index is 13.1. The van der Waals surface area contributed by atoms with E-state index in [1.54, 1.807) is 0 Å². The van der Waals surface area contributed by atoms with Gasteiger partial charge in [0.1, 0.15) is 0 Å². The van der Waals surface area contributed by atoms with Crippen molar-refractivity contribution in [3.63, 3.8) is 0 Å². The van der Waals surface area contributed by atoms with Crippen molar-refractivity contribution in [1.29, 1.82) is 0 Å². The fourth-order valence-electron chi connectivity index (χ4n) is 4.00. The van der Waals surface area contributed by atoms with Crippen LogP contribution < -0.4 is 15.5 Å². The molecule has 3 rings (SSSR count). The molecule has 1 aliphatic carbocycles. The first kappa shape index (κ1) is 23.4. The van der Waals surface area contributed by atoms with Crippen molar-refractivity contribution in [2.24, 2.45) is 5.92 Å². The zero-order chi connectivity index (χ0) is 22.6. The second-order valence-electron chi connectivity index (χ2n) is 10.1. The molecule has 0 spiro atoms. The number of anilines is 2. The summed E-state index contributed by atoms with van der Waals surface area (Å²) in [5.41, 5.74) is 2.49. The lowest BCUT2D eigenvalue weighted by atomic mass is 9.85. The summed E-state index contributed by atoms with van der Waals surface area (Å²) in [4.78, 5) is 29.4. The van der Waals surface area contributed by atoms with Gasteiger partial charge in [-0.1, -0.05) is 6.42 Å². The Hall–Kier alpha value is -2.28. The number of carbonyl (C=O) groups excluding carboxylic acids is 2. The van der Waals surface area contributed by atoms with E-state index in [1.165, 1.54) is 0 Å². The van der Waals surface area contributed by atoms with Crippen LogP contribution >= 0.6 is 0 Å². The molecule has 3 amide bonds. The minimum absolute atomic E-state index is 0.0648. The Labute approximate surface area is 186 Å². The molecule has 2 aliphatic rings. The molecular weight excluding hydrogens is 392 g/mol. The molecule has 2 fully saturated rings. The molecule has 2 N–H and O–H groups in total. The predicted molar refractivity (Wildman–Crippen MR) is 124 cm³/mol. The predicted octanol–water partition coefficient (Wildman–Crippen LogP) is 3.98. The summed E-state index contributed by atoms with van der Waals surface area (Å²) in [7, 11) is 3.98. The number of urea groups is 1. The highest BCUT2D eigenvalue weighted by molar-refractivity contribution is 5.93. The molecule has 0 bridgehead atoms. The van der Waals surface area contributed by atoms with Crippen LogP contribution in [0.15, 0.2) is 18.2 Å². The fourth-order valence-corrected chi connectivity index (χ4v) is 4.00. The van der Waals surface area contributed by atoms with E-state index < -0.39 is 0 Å². The third-order valence-electron chi connectivity index (χ3n) is 5.88. The molecule has 0 radical (unpaired) electrons. The van der Waals surface area contributed by atoms with Gasteiger partial charge >= 0.3 is 6.03 Å². The maximum Gasteiger partial charge on any atom is 0.318 e. The first-order valence-corrected chi connectivity index (χ1v) is 11.4. The van der Waals surface area contributed by atoms with Crippen LogP contribution in [0.4, 0.5) is 16.2 Å². The zero-order valence-electron chi connectivity index (χ0n) is 19.7. The summed E-state index contributed by atoms with van der Waals surface area (Å²) in [5.74, 6) is 0.224. The second kappa shape index (κ2) is 9.90. The molecule has 0 aromatic heterocycles. The van der Waals surface area contributed by atoms with Crippen LogP contribution in [0.5, 0.6) is 0 Å². The summed E-state index contributed by atoms with van der Waals surface area (Å²) >= 11 is 0. The van der Waals surface area contributed by atoms with Crippen LogP contribution in [-0.2, 0) is 16.1 Å². The molecule has 1 aromatic carbocycles. The lowest BCUT2D eigenvalue weighted by Crippen LogP contribution is -2.50. The van der Waals surface area contributed by atoms with Gasteiger partial charge in [-0.05, 0) is 70.2 Å². The van der Waals surface area contributed by atoms with Crippen molar-refractivity contribution in [3.05, 3.63) is 23.8 Å². The van der Waals surface area contributed by atoms with Gasteiger partial charge in [-0.2, -0.15) is 0 Å². The summed E-state index contributed by atoms with van der Waals surface area (Å²) < 4.78 is 5.81. The number of nitrogens with one attached hydrogen (secondary N) is 2. The molecule has 31 heavy (non-hydrogen) atoms. The SMILES string of the molecule is CN(C)c1ccc(NC(=O)C2CCC2)cc1CN(C[C@H]1CCCO1)C(=O)NC(C)(C)C. The van der Waals surface area contributed by atoms with Crippen molar-refractivity contribution < 1.29 is 14.3 Å². The Kier molecular flexibility index (Phi) is 7.46. The average Bonchev–Trinajstić information content (AvgIpc) is 3.11. The Bertz CT molecular complexity index is 778. The topological polar surface area (TPSA) is 73.9 Å². The third kappa shape index (κ3) is 6.60. The van der Waals surface area contributed by atoms with Crippen LogP contribution in [0.3, 0.4) is 0 Å². The van der Waals surface area contributed by atoms with E-state index in [2.05, 4.69) is 10.6 Å². The lowest BCUT2D eigenvalue weighted by molar-refractivity contribution is -0.122. The number of rotatable bonds is 7. The Morgan fingerprint density at radius 3 is 2.42 bits per heavy atom. The van der Waals surface area contributed by atoms with Gasteiger partial charge in [0.05, 0.1) is 6.10 Å². The molecule has 172 valence electrons. The summed E-state index contributed by atoms with van der Waals surface area (Å²) in [6, 6.07) is 5.85.